The van der Waals surface area contributed by atoms with Crippen LogP contribution in [-0.4, -0.2) is 25.0 Å². The standard InChI is InChI=1S/C15H20F2N2O.ClH/c1-10(11-4-3-7-18-9-11)19-15(20)8-12-13(16)5-2-6-14(12)17;/h2,5-6,10-11,18H,3-4,7-9H2,1H3,(H,19,20);1H. The molecule has 1 fully saturated rings. The van der Waals surface area contributed by atoms with Crippen LogP contribution in [0.2, 0.25) is 0 Å². The zero-order valence-electron chi connectivity index (χ0n) is 12.0. The van der Waals surface area contributed by atoms with Crippen LogP contribution in [0.15, 0.2) is 18.2 Å². The van der Waals surface area contributed by atoms with Gasteiger partial charge in [-0.2, -0.15) is 0 Å². The first-order chi connectivity index (χ1) is 9.58. The normalized spacial score (nSPS) is 19.5. The average molecular weight is 319 g/mol. The lowest BCUT2D eigenvalue weighted by Gasteiger charge is -2.29. The molecule has 3 nitrogen and oxygen atoms in total. The molecule has 2 unspecified atom stereocenters. The molecule has 1 amide bonds. The topological polar surface area (TPSA) is 41.1 Å². The third-order valence-electron chi connectivity index (χ3n) is 3.83. The Morgan fingerprint density at radius 2 is 2.10 bits per heavy atom. The Morgan fingerprint density at radius 3 is 2.67 bits per heavy atom. The first-order valence-corrected chi connectivity index (χ1v) is 7.01. The predicted octanol–water partition coefficient (Wildman–Crippen LogP) is 2.43. The highest BCUT2D eigenvalue weighted by molar-refractivity contribution is 5.85. The summed E-state index contributed by atoms with van der Waals surface area (Å²) < 4.78 is 26.9. The summed E-state index contributed by atoms with van der Waals surface area (Å²) in [6.07, 6.45) is 1.89. The van der Waals surface area contributed by atoms with Gasteiger partial charge in [-0.05, 0) is 50.9 Å². The number of carbonyl (C=O) groups excluding carboxylic acids is 1. The predicted molar refractivity (Wildman–Crippen MR) is 80.5 cm³/mol. The van der Waals surface area contributed by atoms with Gasteiger partial charge in [0, 0.05) is 11.6 Å². The summed E-state index contributed by atoms with van der Waals surface area (Å²) in [7, 11) is 0. The lowest BCUT2D eigenvalue weighted by Crippen LogP contribution is -2.45. The molecule has 0 bridgehead atoms. The second kappa shape index (κ2) is 8.29. The van der Waals surface area contributed by atoms with E-state index in [1.54, 1.807) is 0 Å². The van der Waals surface area contributed by atoms with Crippen LogP contribution < -0.4 is 10.6 Å². The third-order valence-corrected chi connectivity index (χ3v) is 3.83. The Morgan fingerprint density at radius 1 is 1.43 bits per heavy atom. The van der Waals surface area contributed by atoms with Gasteiger partial charge in [-0.3, -0.25) is 4.79 Å². The van der Waals surface area contributed by atoms with E-state index in [1.165, 1.54) is 18.2 Å². The molecule has 2 atom stereocenters. The molecular weight excluding hydrogens is 298 g/mol. The maximum Gasteiger partial charge on any atom is 0.224 e. The summed E-state index contributed by atoms with van der Waals surface area (Å²) in [4.78, 5) is 11.9. The molecule has 1 aromatic carbocycles. The van der Waals surface area contributed by atoms with Crippen molar-refractivity contribution in [3.63, 3.8) is 0 Å². The SMILES string of the molecule is CC(NC(=O)Cc1c(F)cccc1F)C1CCCNC1.Cl. The van der Waals surface area contributed by atoms with Gasteiger partial charge in [0.25, 0.3) is 0 Å². The van der Waals surface area contributed by atoms with Crippen molar-refractivity contribution >= 4 is 18.3 Å². The van der Waals surface area contributed by atoms with Crippen molar-refractivity contribution in [3.8, 4) is 0 Å². The fraction of sp³-hybridized carbons (Fsp3) is 0.533. The van der Waals surface area contributed by atoms with Gasteiger partial charge in [0.15, 0.2) is 0 Å². The van der Waals surface area contributed by atoms with Crippen LogP contribution in [-0.2, 0) is 11.2 Å². The van der Waals surface area contributed by atoms with Crippen LogP contribution in [0.25, 0.3) is 0 Å². The summed E-state index contributed by atoms with van der Waals surface area (Å²) in [5.74, 6) is -1.32. The number of carbonyl (C=O) groups is 1. The Kier molecular flexibility index (Phi) is 7.05. The highest BCUT2D eigenvalue weighted by atomic mass is 35.5. The molecule has 0 radical (unpaired) electrons. The van der Waals surface area contributed by atoms with E-state index in [2.05, 4.69) is 10.6 Å². The zero-order valence-corrected chi connectivity index (χ0v) is 12.8. The van der Waals surface area contributed by atoms with Gasteiger partial charge in [0.2, 0.25) is 5.91 Å². The summed E-state index contributed by atoms with van der Waals surface area (Å²) in [6, 6.07) is 3.63. The zero-order chi connectivity index (χ0) is 14.5. The first-order valence-electron chi connectivity index (χ1n) is 7.01. The van der Waals surface area contributed by atoms with E-state index in [4.69, 9.17) is 0 Å². The molecule has 2 N–H and O–H groups in total. The molecule has 2 rings (SSSR count). The van der Waals surface area contributed by atoms with Crippen LogP contribution in [0.4, 0.5) is 8.78 Å². The fourth-order valence-electron chi connectivity index (χ4n) is 2.59. The van der Waals surface area contributed by atoms with E-state index in [1.807, 2.05) is 6.92 Å². The smallest absolute Gasteiger partial charge is 0.224 e. The number of benzene rings is 1. The number of nitrogens with one attached hydrogen (secondary N) is 2. The van der Waals surface area contributed by atoms with Gasteiger partial charge in [-0.1, -0.05) is 6.07 Å². The van der Waals surface area contributed by atoms with Crippen molar-refractivity contribution in [1.82, 2.24) is 10.6 Å². The molecule has 1 aliphatic rings. The summed E-state index contributed by atoms with van der Waals surface area (Å²) >= 11 is 0. The Hall–Kier alpha value is -1.20. The van der Waals surface area contributed by atoms with Crippen molar-refractivity contribution in [1.29, 1.82) is 0 Å². The van der Waals surface area contributed by atoms with E-state index in [0.717, 1.165) is 25.9 Å². The van der Waals surface area contributed by atoms with Crippen molar-refractivity contribution in [2.24, 2.45) is 5.92 Å². The molecule has 0 saturated carbocycles. The van der Waals surface area contributed by atoms with Crippen molar-refractivity contribution in [2.75, 3.05) is 13.1 Å². The maximum absolute atomic E-state index is 13.5. The van der Waals surface area contributed by atoms with Gasteiger partial charge in [-0.15, -0.1) is 12.4 Å². The molecule has 1 saturated heterocycles. The molecule has 1 heterocycles. The molecule has 0 aliphatic carbocycles. The first kappa shape index (κ1) is 17.9. The van der Waals surface area contributed by atoms with Crippen LogP contribution in [0.5, 0.6) is 0 Å². The monoisotopic (exact) mass is 318 g/mol. The summed E-state index contributed by atoms with van der Waals surface area (Å²) in [5, 5.41) is 6.13. The van der Waals surface area contributed by atoms with E-state index in [9.17, 15) is 13.6 Å². The second-order valence-electron chi connectivity index (χ2n) is 5.34. The molecule has 1 aromatic rings. The number of rotatable bonds is 4. The highest BCUT2D eigenvalue weighted by Crippen LogP contribution is 2.16. The van der Waals surface area contributed by atoms with Gasteiger partial charge in [0.1, 0.15) is 11.6 Å². The maximum atomic E-state index is 13.5. The van der Waals surface area contributed by atoms with Gasteiger partial charge < -0.3 is 10.6 Å². The van der Waals surface area contributed by atoms with E-state index in [-0.39, 0.29) is 36.3 Å². The van der Waals surface area contributed by atoms with Crippen LogP contribution in [0.3, 0.4) is 0 Å². The minimum atomic E-state index is -0.674. The van der Waals surface area contributed by atoms with E-state index >= 15 is 0 Å². The van der Waals surface area contributed by atoms with Gasteiger partial charge in [0.05, 0.1) is 6.42 Å². The van der Waals surface area contributed by atoms with Crippen LogP contribution >= 0.6 is 12.4 Å². The van der Waals surface area contributed by atoms with Crippen LogP contribution in [0, 0.1) is 17.6 Å². The molecule has 118 valence electrons. The molecule has 21 heavy (non-hydrogen) atoms. The van der Waals surface area contributed by atoms with E-state index < -0.39 is 11.6 Å². The van der Waals surface area contributed by atoms with Crippen molar-refractivity contribution in [3.05, 3.63) is 35.4 Å². The van der Waals surface area contributed by atoms with Crippen LogP contribution in [0.1, 0.15) is 25.3 Å². The van der Waals surface area contributed by atoms with Gasteiger partial charge in [-0.25, -0.2) is 8.78 Å². The summed E-state index contributed by atoms with van der Waals surface area (Å²) in [5.41, 5.74) is -0.168. The molecular formula is C15H21ClF2N2O. The molecule has 0 spiro atoms. The average Bonchev–Trinajstić information content (AvgIpc) is 2.44. The van der Waals surface area contributed by atoms with Crippen molar-refractivity contribution < 1.29 is 13.6 Å². The number of hydrogen-bond donors (Lipinski definition) is 2. The lowest BCUT2D eigenvalue weighted by atomic mass is 9.92. The minimum absolute atomic E-state index is 0. The fourth-order valence-corrected chi connectivity index (χ4v) is 2.59. The Labute approximate surface area is 129 Å². The van der Waals surface area contributed by atoms with E-state index in [0.29, 0.717) is 5.92 Å². The largest absolute Gasteiger partial charge is 0.353 e. The highest BCUT2D eigenvalue weighted by Gasteiger charge is 2.22. The Bertz CT molecular complexity index is 458. The van der Waals surface area contributed by atoms with Gasteiger partial charge >= 0.3 is 0 Å². The lowest BCUT2D eigenvalue weighted by molar-refractivity contribution is -0.121. The number of hydrogen-bond acceptors (Lipinski definition) is 2. The van der Waals surface area contributed by atoms with Crippen molar-refractivity contribution in [2.45, 2.75) is 32.2 Å². The molecule has 6 heteroatoms. The minimum Gasteiger partial charge on any atom is -0.353 e. The Balaban J connectivity index is 0.00000220. The number of halogens is 3. The quantitative estimate of drug-likeness (QED) is 0.895. The second-order valence-corrected chi connectivity index (χ2v) is 5.34. The summed E-state index contributed by atoms with van der Waals surface area (Å²) in [6.45, 7) is 3.82. The number of piperidine rings is 1. The molecule has 1 aliphatic heterocycles. The molecule has 0 aromatic heterocycles. The third kappa shape index (κ3) is 4.93. The number of amides is 1.